The number of ether oxygens (including phenoxy) is 1. The van der Waals surface area contributed by atoms with Crippen molar-refractivity contribution in [3.8, 4) is 5.75 Å². The van der Waals surface area contributed by atoms with E-state index in [1.54, 1.807) is 0 Å². The normalized spacial score (nSPS) is 16.0. The molecule has 1 unspecified atom stereocenters. The van der Waals surface area contributed by atoms with Crippen LogP contribution in [0.25, 0.3) is 0 Å². The molecular weight excluding hydrogens is 282 g/mol. The SMILES string of the molecule is Cc1cc2c(cc1C)C(C(=O)NCCCCCC(=O)O)CO2. The van der Waals surface area contributed by atoms with Gasteiger partial charge in [-0.05, 0) is 43.9 Å². The van der Waals surface area contributed by atoms with Crippen molar-refractivity contribution in [2.24, 2.45) is 0 Å². The molecule has 120 valence electrons. The third-order valence-corrected chi connectivity index (χ3v) is 4.09. The summed E-state index contributed by atoms with van der Waals surface area (Å²) in [6.45, 7) is 5.03. The number of rotatable bonds is 7. The van der Waals surface area contributed by atoms with Crippen LogP contribution in [0, 0.1) is 13.8 Å². The predicted octanol–water partition coefficient (Wildman–Crippen LogP) is 2.54. The molecule has 0 bridgehead atoms. The molecule has 1 aliphatic rings. The Bertz CT molecular complexity index is 568. The van der Waals surface area contributed by atoms with Gasteiger partial charge in [0.1, 0.15) is 18.3 Å². The molecule has 1 atom stereocenters. The number of amides is 1. The van der Waals surface area contributed by atoms with Crippen LogP contribution in [0.1, 0.15) is 48.3 Å². The van der Waals surface area contributed by atoms with Gasteiger partial charge in [-0.25, -0.2) is 0 Å². The zero-order valence-corrected chi connectivity index (χ0v) is 13.1. The van der Waals surface area contributed by atoms with Gasteiger partial charge < -0.3 is 15.2 Å². The molecule has 1 amide bonds. The van der Waals surface area contributed by atoms with Crippen molar-refractivity contribution < 1.29 is 19.4 Å². The Labute approximate surface area is 130 Å². The van der Waals surface area contributed by atoms with Gasteiger partial charge in [-0.3, -0.25) is 9.59 Å². The minimum Gasteiger partial charge on any atom is -0.492 e. The number of unbranched alkanes of at least 4 members (excludes halogenated alkanes) is 2. The Morgan fingerprint density at radius 3 is 2.68 bits per heavy atom. The Kier molecular flexibility index (Phi) is 5.41. The number of hydrogen-bond acceptors (Lipinski definition) is 3. The van der Waals surface area contributed by atoms with E-state index in [2.05, 4.69) is 5.32 Å². The van der Waals surface area contributed by atoms with Crippen LogP contribution in [-0.2, 0) is 9.59 Å². The molecule has 0 saturated carbocycles. The molecule has 2 N–H and O–H groups in total. The van der Waals surface area contributed by atoms with E-state index >= 15 is 0 Å². The minimum atomic E-state index is -0.769. The average molecular weight is 305 g/mol. The Balaban J connectivity index is 1.81. The maximum absolute atomic E-state index is 12.3. The summed E-state index contributed by atoms with van der Waals surface area (Å²) in [7, 11) is 0. The topological polar surface area (TPSA) is 75.6 Å². The fraction of sp³-hybridized carbons (Fsp3) is 0.529. The predicted molar refractivity (Wildman–Crippen MR) is 83.3 cm³/mol. The number of aryl methyl sites for hydroxylation is 2. The first-order valence-corrected chi connectivity index (χ1v) is 7.72. The van der Waals surface area contributed by atoms with Gasteiger partial charge in [0.25, 0.3) is 0 Å². The molecule has 0 saturated heterocycles. The second-order valence-electron chi connectivity index (χ2n) is 5.83. The van der Waals surface area contributed by atoms with E-state index < -0.39 is 5.97 Å². The van der Waals surface area contributed by atoms with Gasteiger partial charge >= 0.3 is 5.97 Å². The summed E-state index contributed by atoms with van der Waals surface area (Å²) in [6, 6.07) is 4.03. The maximum atomic E-state index is 12.3. The number of carbonyl (C=O) groups is 2. The van der Waals surface area contributed by atoms with Crippen LogP contribution in [0.4, 0.5) is 0 Å². The molecule has 1 aromatic rings. The van der Waals surface area contributed by atoms with Gasteiger partial charge in [-0.1, -0.05) is 12.5 Å². The number of aliphatic carboxylic acids is 1. The Hall–Kier alpha value is -2.04. The van der Waals surface area contributed by atoms with E-state index in [1.807, 2.05) is 26.0 Å². The fourth-order valence-corrected chi connectivity index (χ4v) is 2.60. The van der Waals surface area contributed by atoms with Gasteiger partial charge in [0, 0.05) is 18.5 Å². The Morgan fingerprint density at radius 2 is 1.95 bits per heavy atom. The number of carboxylic acids is 1. The highest BCUT2D eigenvalue weighted by Crippen LogP contribution is 2.35. The quantitative estimate of drug-likeness (QED) is 0.759. The van der Waals surface area contributed by atoms with Crippen LogP contribution in [0.3, 0.4) is 0 Å². The first-order valence-electron chi connectivity index (χ1n) is 7.72. The van der Waals surface area contributed by atoms with Gasteiger partial charge in [-0.2, -0.15) is 0 Å². The third kappa shape index (κ3) is 4.00. The van der Waals surface area contributed by atoms with Gasteiger partial charge in [-0.15, -0.1) is 0 Å². The van der Waals surface area contributed by atoms with Crippen molar-refractivity contribution in [2.75, 3.05) is 13.2 Å². The highest BCUT2D eigenvalue weighted by molar-refractivity contribution is 5.85. The van der Waals surface area contributed by atoms with Crippen LogP contribution in [0.2, 0.25) is 0 Å². The van der Waals surface area contributed by atoms with E-state index in [0.717, 1.165) is 29.7 Å². The molecule has 0 radical (unpaired) electrons. The van der Waals surface area contributed by atoms with Crippen LogP contribution >= 0.6 is 0 Å². The molecule has 22 heavy (non-hydrogen) atoms. The van der Waals surface area contributed by atoms with Gasteiger partial charge in [0.15, 0.2) is 0 Å². The fourth-order valence-electron chi connectivity index (χ4n) is 2.60. The first kappa shape index (κ1) is 16.3. The Morgan fingerprint density at radius 1 is 1.23 bits per heavy atom. The molecule has 0 aromatic heterocycles. The standard InChI is InChI=1S/C17H23NO4/c1-11-8-13-14(10-22-15(13)9-12(11)2)17(21)18-7-5-3-4-6-16(19)20/h8-9,14H,3-7,10H2,1-2H3,(H,18,21)(H,19,20). The zero-order chi connectivity index (χ0) is 16.1. The van der Waals surface area contributed by atoms with E-state index in [1.165, 1.54) is 5.56 Å². The lowest BCUT2D eigenvalue weighted by Crippen LogP contribution is -2.31. The van der Waals surface area contributed by atoms with Crippen LogP contribution in [0.5, 0.6) is 5.75 Å². The van der Waals surface area contributed by atoms with Crippen LogP contribution < -0.4 is 10.1 Å². The van der Waals surface area contributed by atoms with E-state index in [9.17, 15) is 9.59 Å². The summed E-state index contributed by atoms with van der Waals surface area (Å²) in [6.07, 6.45) is 2.45. The van der Waals surface area contributed by atoms with E-state index in [-0.39, 0.29) is 18.2 Å². The van der Waals surface area contributed by atoms with E-state index in [0.29, 0.717) is 19.6 Å². The molecular formula is C17H23NO4. The number of fused-ring (bicyclic) bond motifs is 1. The first-order chi connectivity index (χ1) is 10.5. The molecule has 0 fully saturated rings. The highest BCUT2D eigenvalue weighted by Gasteiger charge is 2.30. The number of carboxylic acid groups (broad SMARTS) is 1. The zero-order valence-electron chi connectivity index (χ0n) is 13.1. The number of hydrogen-bond donors (Lipinski definition) is 2. The van der Waals surface area contributed by atoms with Crippen LogP contribution in [-0.4, -0.2) is 30.1 Å². The third-order valence-electron chi connectivity index (χ3n) is 4.09. The minimum absolute atomic E-state index is 0.0137. The van der Waals surface area contributed by atoms with Gasteiger partial charge in [0.05, 0.1) is 0 Å². The van der Waals surface area contributed by atoms with Crippen LogP contribution in [0.15, 0.2) is 12.1 Å². The monoisotopic (exact) mass is 305 g/mol. The highest BCUT2D eigenvalue weighted by atomic mass is 16.5. The summed E-state index contributed by atoms with van der Waals surface area (Å²) in [5.41, 5.74) is 3.29. The lowest BCUT2D eigenvalue weighted by atomic mass is 9.96. The average Bonchev–Trinajstić information content (AvgIpc) is 2.85. The van der Waals surface area contributed by atoms with Crippen molar-refractivity contribution >= 4 is 11.9 Å². The summed E-state index contributed by atoms with van der Waals surface area (Å²) in [5.74, 6) is -0.215. The maximum Gasteiger partial charge on any atom is 0.303 e. The lowest BCUT2D eigenvalue weighted by Gasteiger charge is -2.11. The smallest absolute Gasteiger partial charge is 0.303 e. The summed E-state index contributed by atoms with van der Waals surface area (Å²) >= 11 is 0. The van der Waals surface area contributed by atoms with Crippen molar-refractivity contribution in [1.29, 1.82) is 0 Å². The van der Waals surface area contributed by atoms with Gasteiger partial charge in [0.2, 0.25) is 5.91 Å². The molecule has 1 aliphatic heterocycles. The van der Waals surface area contributed by atoms with Crippen molar-refractivity contribution in [3.05, 3.63) is 28.8 Å². The second kappa shape index (κ2) is 7.29. The molecule has 5 nitrogen and oxygen atoms in total. The van der Waals surface area contributed by atoms with Crippen molar-refractivity contribution in [1.82, 2.24) is 5.32 Å². The van der Waals surface area contributed by atoms with Crippen molar-refractivity contribution in [2.45, 2.75) is 45.4 Å². The molecule has 2 rings (SSSR count). The lowest BCUT2D eigenvalue weighted by molar-refractivity contribution is -0.137. The van der Waals surface area contributed by atoms with E-state index in [4.69, 9.17) is 9.84 Å². The summed E-state index contributed by atoms with van der Waals surface area (Å²) < 4.78 is 5.61. The molecule has 0 aliphatic carbocycles. The van der Waals surface area contributed by atoms with Crippen molar-refractivity contribution in [3.63, 3.8) is 0 Å². The largest absolute Gasteiger partial charge is 0.492 e. The molecule has 1 heterocycles. The number of nitrogens with one attached hydrogen (secondary N) is 1. The number of carbonyl (C=O) groups excluding carboxylic acids is 1. The summed E-state index contributed by atoms with van der Waals surface area (Å²) in [5, 5.41) is 11.5. The second-order valence-corrected chi connectivity index (χ2v) is 5.83. The molecule has 0 spiro atoms. The molecule has 5 heteroatoms. The summed E-state index contributed by atoms with van der Waals surface area (Å²) in [4.78, 5) is 22.7. The number of benzene rings is 1. The molecule has 1 aromatic carbocycles.